The summed E-state index contributed by atoms with van der Waals surface area (Å²) in [6.07, 6.45) is 3.49. The smallest absolute Gasteiger partial charge is 0.182 e. The lowest BCUT2D eigenvalue weighted by Crippen LogP contribution is -2.10. The van der Waals surface area contributed by atoms with Gasteiger partial charge in [0, 0.05) is 18.5 Å². The molecule has 0 bridgehead atoms. The summed E-state index contributed by atoms with van der Waals surface area (Å²) in [4.78, 5) is 25.0. The quantitative estimate of drug-likeness (QED) is 0.386. The second-order valence-electron chi connectivity index (χ2n) is 6.75. The fraction of sp³-hybridized carbons (Fsp3) is 0.0952. The van der Waals surface area contributed by atoms with Crippen LogP contribution in [0.1, 0.15) is 5.69 Å². The zero-order chi connectivity index (χ0) is 21.4. The summed E-state index contributed by atoms with van der Waals surface area (Å²) < 4.78 is 14.0. The molecule has 0 aliphatic heterocycles. The van der Waals surface area contributed by atoms with Crippen LogP contribution in [0.4, 0.5) is 10.2 Å². The van der Waals surface area contributed by atoms with Crippen molar-refractivity contribution in [3.8, 4) is 11.3 Å². The van der Waals surface area contributed by atoms with Gasteiger partial charge in [0.15, 0.2) is 11.5 Å². The van der Waals surface area contributed by atoms with E-state index in [1.54, 1.807) is 12.4 Å². The van der Waals surface area contributed by atoms with Gasteiger partial charge in [-0.1, -0.05) is 29.3 Å². The highest BCUT2D eigenvalue weighted by Crippen LogP contribution is 2.32. The Kier molecular flexibility index (Phi) is 5.09. The molecule has 0 spiro atoms. The Balaban J connectivity index is 1.53. The number of hydrogen-bond acceptors (Lipinski definition) is 6. The normalized spacial score (nSPS) is 11.3. The Morgan fingerprint density at radius 3 is 2.81 bits per heavy atom. The summed E-state index contributed by atoms with van der Waals surface area (Å²) in [6.45, 7) is 0.492. The van der Waals surface area contributed by atoms with E-state index in [1.807, 2.05) is 12.1 Å². The number of halogens is 3. The summed E-state index contributed by atoms with van der Waals surface area (Å²) in [5.41, 5.74) is 4.08. The molecule has 3 aromatic heterocycles. The summed E-state index contributed by atoms with van der Waals surface area (Å²) in [5.74, 6) is 0.219. The molecule has 0 aliphatic rings. The van der Waals surface area contributed by atoms with Gasteiger partial charge in [-0.15, -0.1) is 0 Å². The van der Waals surface area contributed by atoms with E-state index >= 15 is 0 Å². The van der Waals surface area contributed by atoms with Crippen LogP contribution in [0, 0.1) is 5.82 Å². The Labute approximate surface area is 185 Å². The highest BCUT2D eigenvalue weighted by Gasteiger charge is 2.16. The zero-order valence-corrected chi connectivity index (χ0v) is 17.4. The SMILES string of the molecule is Fc1ccc(Cl)c(-c2nc3c(Cl)cccc3nc2CCNc2ncnc3nc[nH]c23)c1. The minimum atomic E-state index is -0.410. The maximum absolute atomic E-state index is 14.0. The van der Waals surface area contributed by atoms with Gasteiger partial charge < -0.3 is 10.3 Å². The molecular formula is C21H14Cl2FN7. The van der Waals surface area contributed by atoms with E-state index in [-0.39, 0.29) is 0 Å². The van der Waals surface area contributed by atoms with E-state index in [9.17, 15) is 4.39 Å². The number of nitrogens with one attached hydrogen (secondary N) is 2. The standard InChI is InChI=1S/C21H14Cl2FN7/c22-13-5-4-11(24)8-12(13)17-16(30-15-3-1-2-14(23)18(15)31-17)6-7-25-20-19-21(27-9-26-19)29-10-28-20/h1-5,8-10H,6-7H2,(H2,25,26,27,28,29). The van der Waals surface area contributed by atoms with Crippen molar-refractivity contribution < 1.29 is 4.39 Å². The molecule has 0 fully saturated rings. The molecule has 0 atom stereocenters. The lowest BCUT2D eigenvalue weighted by atomic mass is 10.1. The molecular weight excluding hydrogens is 440 g/mol. The number of anilines is 1. The van der Waals surface area contributed by atoms with Crippen LogP contribution in [0.3, 0.4) is 0 Å². The molecule has 5 aromatic rings. The van der Waals surface area contributed by atoms with Gasteiger partial charge in [0.1, 0.15) is 23.2 Å². The molecule has 5 rings (SSSR count). The molecule has 7 nitrogen and oxygen atoms in total. The molecule has 0 saturated carbocycles. The molecule has 0 unspecified atom stereocenters. The van der Waals surface area contributed by atoms with Gasteiger partial charge in [0.25, 0.3) is 0 Å². The van der Waals surface area contributed by atoms with E-state index in [1.165, 1.54) is 24.5 Å². The number of aromatic nitrogens is 6. The van der Waals surface area contributed by atoms with Crippen LogP contribution in [-0.4, -0.2) is 36.4 Å². The Morgan fingerprint density at radius 2 is 1.90 bits per heavy atom. The monoisotopic (exact) mass is 453 g/mol. The van der Waals surface area contributed by atoms with Gasteiger partial charge >= 0.3 is 0 Å². The van der Waals surface area contributed by atoms with E-state index in [0.717, 1.165) is 0 Å². The van der Waals surface area contributed by atoms with Crippen LogP contribution in [0.2, 0.25) is 10.0 Å². The number of nitrogens with zero attached hydrogens (tertiary/aromatic N) is 5. The molecule has 0 radical (unpaired) electrons. The predicted molar refractivity (Wildman–Crippen MR) is 119 cm³/mol. The van der Waals surface area contributed by atoms with E-state index < -0.39 is 5.82 Å². The molecule has 0 aliphatic carbocycles. The van der Waals surface area contributed by atoms with Crippen LogP contribution in [0.5, 0.6) is 0 Å². The highest BCUT2D eigenvalue weighted by molar-refractivity contribution is 6.35. The fourth-order valence-electron chi connectivity index (χ4n) is 3.35. The van der Waals surface area contributed by atoms with Crippen molar-refractivity contribution in [1.29, 1.82) is 0 Å². The first-order valence-electron chi connectivity index (χ1n) is 9.38. The predicted octanol–water partition coefficient (Wildman–Crippen LogP) is 5.06. The number of imidazole rings is 1. The topological polar surface area (TPSA) is 92.3 Å². The minimum absolute atomic E-state index is 0.381. The van der Waals surface area contributed by atoms with Gasteiger partial charge in [0.2, 0.25) is 0 Å². The van der Waals surface area contributed by atoms with Gasteiger partial charge in [-0.3, -0.25) is 0 Å². The lowest BCUT2D eigenvalue weighted by Gasteiger charge is -2.13. The second-order valence-corrected chi connectivity index (χ2v) is 7.57. The number of H-pyrrole nitrogens is 1. The van der Waals surface area contributed by atoms with Crippen molar-refractivity contribution in [2.75, 3.05) is 11.9 Å². The first kappa shape index (κ1) is 19.6. The number of para-hydroxylation sites is 1. The molecule has 0 saturated heterocycles. The van der Waals surface area contributed by atoms with E-state index in [0.29, 0.717) is 68.0 Å². The Morgan fingerprint density at radius 1 is 1.00 bits per heavy atom. The van der Waals surface area contributed by atoms with Crippen LogP contribution in [-0.2, 0) is 6.42 Å². The summed E-state index contributed by atoms with van der Waals surface area (Å²) in [7, 11) is 0. The van der Waals surface area contributed by atoms with Gasteiger partial charge in [-0.05, 0) is 30.3 Å². The summed E-state index contributed by atoms with van der Waals surface area (Å²) >= 11 is 12.7. The average molecular weight is 454 g/mol. The maximum atomic E-state index is 14.0. The molecule has 10 heteroatoms. The van der Waals surface area contributed by atoms with Gasteiger partial charge in [0.05, 0.1) is 33.3 Å². The van der Waals surface area contributed by atoms with Crippen molar-refractivity contribution in [3.05, 3.63) is 70.6 Å². The number of rotatable bonds is 5. The first-order chi connectivity index (χ1) is 15.1. The highest BCUT2D eigenvalue weighted by atomic mass is 35.5. The summed E-state index contributed by atoms with van der Waals surface area (Å²) in [5, 5.41) is 4.11. The lowest BCUT2D eigenvalue weighted by molar-refractivity contribution is 0.628. The van der Waals surface area contributed by atoms with Crippen molar-refractivity contribution in [3.63, 3.8) is 0 Å². The number of fused-ring (bicyclic) bond motifs is 2. The molecule has 0 amide bonds. The average Bonchev–Trinajstić information content (AvgIpc) is 3.25. The Hall–Kier alpha value is -3.36. The minimum Gasteiger partial charge on any atom is -0.368 e. The molecule has 2 aromatic carbocycles. The maximum Gasteiger partial charge on any atom is 0.182 e. The van der Waals surface area contributed by atoms with Crippen molar-refractivity contribution in [1.82, 2.24) is 29.9 Å². The van der Waals surface area contributed by atoms with Gasteiger partial charge in [-0.2, -0.15) is 0 Å². The number of hydrogen-bond donors (Lipinski definition) is 2. The molecule has 31 heavy (non-hydrogen) atoms. The van der Waals surface area contributed by atoms with Crippen molar-refractivity contribution >= 4 is 51.2 Å². The Bertz CT molecular complexity index is 1420. The fourth-order valence-corrected chi connectivity index (χ4v) is 3.77. The second kappa shape index (κ2) is 8.05. The van der Waals surface area contributed by atoms with Crippen molar-refractivity contribution in [2.45, 2.75) is 6.42 Å². The van der Waals surface area contributed by atoms with Crippen LogP contribution < -0.4 is 5.32 Å². The van der Waals surface area contributed by atoms with Crippen molar-refractivity contribution in [2.24, 2.45) is 0 Å². The molecule has 2 N–H and O–H groups in total. The summed E-state index contributed by atoms with van der Waals surface area (Å²) in [6, 6.07) is 9.54. The largest absolute Gasteiger partial charge is 0.368 e. The molecule has 3 heterocycles. The third-order valence-electron chi connectivity index (χ3n) is 4.78. The third-order valence-corrected chi connectivity index (χ3v) is 5.41. The number of aromatic amines is 1. The van der Waals surface area contributed by atoms with Crippen LogP contribution in [0.25, 0.3) is 33.5 Å². The van der Waals surface area contributed by atoms with Gasteiger partial charge in [-0.25, -0.2) is 29.3 Å². The van der Waals surface area contributed by atoms with Crippen LogP contribution >= 0.6 is 23.2 Å². The number of benzene rings is 2. The third kappa shape index (κ3) is 3.75. The van der Waals surface area contributed by atoms with E-state index in [2.05, 4.69) is 25.3 Å². The zero-order valence-electron chi connectivity index (χ0n) is 15.9. The van der Waals surface area contributed by atoms with Crippen LogP contribution in [0.15, 0.2) is 49.1 Å². The first-order valence-corrected chi connectivity index (χ1v) is 10.1. The molecule has 154 valence electrons. The van der Waals surface area contributed by atoms with E-state index in [4.69, 9.17) is 33.2 Å².